The molecule has 0 bridgehead atoms. The second-order valence-corrected chi connectivity index (χ2v) is 4.33. The van der Waals surface area contributed by atoms with Crippen molar-refractivity contribution >= 4 is 17.6 Å². The summed E-state index contributed by atoms with van der Waals surface area (Å²) in [5.74, 6) is -2.07. The highest BCUT2D eigenvalue weighted by Gasteiger charge is 2.20. The highest BCUT2D eigenvalue weighted by atomic mass is 35.5. The molecule has 0 aliphatic carbocycles. The van der Waals surface area contributed by atoms with Crippen LogP contribution >= 0.6 is 11.6 Å². The number of methoxy groups -OCH3 is 1. The predicted molar refractivity (Wildman–Crippen MR) is 63.2 cm³/mol. The van der Waals surface area contributed by atoms with Gasteiger partial charge in [-0.3, -0.25) is 4.79 Å². The minimum Gasteiger partial charge on any atom is -0.493 e. The van der Waals surface area contributed by atoms with Gasteiger partial charge in [-0.05, 0) is 25.0 Å². The topological polar surface area (TPSA) is 46.5 Å². The molecule has 94 valence electrons. The van der Waals surface area contributed by atoms with Gasteiger partial charge in [0, 0.05) is 10.6 Å². The minimum atomic E-state index is -0.938. The number of carbonyl (C=O) groups is 1. The Kier molecular flexibility index (Phi) is 4.34. The van der Waals surface area contributed by atoms with Crippen LogP contribution in [0.5, 0.6) is 5.75 Å². The van der Waals surface area contributed by atoms with Crippen molar-refractivity contribution in [3.8, 4) is 5.75 Å². The van der Waals surface area contributed by atoms with Crippen molar-refractivity contribution in [1.82, 2.24) is 0 Å². The lowest BCUT2D eigenvalue weighted by Gasteiger charge is -2.15. The summed E-state index contributed by atoms with van der Waals surface area (Å²) in [6.07, 6.45) is 0.182. The van der Waals surface area contributed by atoms with Gasteiger partial charge < -0.3 is 9.84 Å². The third-order valence-electron chi connectivity index (χ3n) is 2.69. The number of aliphatic carboxylic acids is 1. The van der Waals surface area contributed by atoms with Crippen LogP contribution < -0.4 is 4.74 Å². The first-order valence-electron chi connectivity index (χ1n) is 5.12. The van der Waals surface area contributed by atoms with Gasteiger partial charge in [-0.15, -0.1) is 0 Å². The zero-order chi connectivity index (χ0) is 13.2. The summed E-state index contributed by atoms with van der Waals surface area (Å²) in [5.41, 5.74) is 1.16. The molecule has 0 aliphatic rings. The van der Waals surface area contributed by atoms with Gasteiger partial charge in [0.15, 0.2) is 11.6 Å². The molecule has 1 rings (SSSR count). The summed E-state index contributed by atoms with van der Waals surface area (Å²) in [6, 6.07) is 1.17. The van der Waals surface area contributed by atoms with Crippen LogP contribution in [0.25, 0.3) is 0 Å². The fraction of sp³-hybridized carbons (Fsp3) is 0.417. The standard InChI is InChI=1S/C12H14ClFO3/c1-6(12(15)16)4-8-7(2)9(13)5-10(14)11(8)17-3/h5-6H,4H2,1-3H3,(H,15,16). The lowest BCUT2D eigenvalue weighted by Crippen LogP contribution is -2.14. The Balaban J connectivity index is 3.25. The van der Waals surface area contributed by atoms with Gasteiger partial charge in [-0.2, -0.15) is 0 Å². The number of benzene rings is 1. The second-order valence-electron chi connectivity index (χ2n) is 3.92. The summed E-state index contributed by atoms with van der Waals surface area (Å²) in [6.45, 7) is 3.27. The number of carboxylic acids is 1. The van der Waals surface area contributed by atoms with Crippen LogP contribution in [-0.4, -0.2) is 18.2 Å². The van der Waals surface area contributed by atoms with Crippen LogP contribution in [0.2, 0.25) is 5.02 Å². The zero-order valence-corrected chi connectivity index (χ0v) is 10.6. The van der Waals surface area contributed by atoms with Crippen LogP contribution in [0.3, 0.4) is 0 Å². The molecule has 0 amide bonds. The van der Waals surface area contributed by atoms with Gasteiger partial charge in [0.05, 0.1) is 13.0 Å². The molecule has 0 aromatic heterocycles. The highest BCUT2D eigenvalue weighted by Crippen LogP contribution is 2.33. The molecule has 0 radical (unpaired) electrons. The second kappa shape index (κ2) is 5.36. The number of ether oxygens (including phenoxy) is 1. The van der Waals surface area contributed by atoms with Crippen molar-refractivity contribution in [2.24, 2.45) is 5.92 Å². The zero-order valence-electron chi connectivity index (χ0n) is 9.88. The molecule has 1 atom stereocenters. The molecule has 0 saturated carbocycles. The number of carboxylic acid groups (broad SMARTS) is 1. The Morgan fingerprint density at radius 1 is 1.65 bits per heavy atom. The van der Waals surface area contributed by atoms with E-state index in [1.54, 1.807) is 13.8 Å². The molecule has 5 heteroatoms. The van der Waals surface area contributed by atoms with E-state index < -0.39 is 17.7 Å². The Labute approximate surface area is 104 Å². The smallest absolute Gasteiger partial charge is 0.306 e. The molecule has 0 fully saturated rings. The lowest BCUT2D eigenvalue weighted by atomic mass is 9.96. The summed E-state index contributed by atoms with van der Waals surface area (Å²) >= 11 is 5.87. The first-order valence-corrected chi connectivity index (χ1v) is 5.50. The predicted octanol–water partition coefficient (Wildman–Crippen LogP) is 3.06. The van der Waals surface area contributed by atoms with Crippen LogP contribution in [-0.2, 0) is 11.2 Å². The molecule has 1 unspecified atom stereocenters. The number of hydrogen-bond acceptors (Lipinski definition) is 2. The molecule has 1 aromatic rings. The van der Waals surface area contributed by atoms with Crippen molar-refractivity contribution in [3.63, 3.8) is 0 Å². The Bertz CT molecular complexity index is 446. The molecule has 0 aliphatic heterocycles. The van der Waals surface area contributed by atoms with E-state index >= 15 is 0 Å². The van der Waals surface area contributed by atoms with Crippen molar-refractivity contribution in [1.29, 1.82) is 0 Å². The fourth-order valence-electron chi connectivity index (χ4n) is 1.60. The molecule has 3 nitrogen and oxygen atoms in total. The summed E-state index contributed by atoms with van der Waals surface area (Å²) in [7, 11) is 1.35. The molecule has 0 heterocycles. The summed E-state index contributed by atoms with van der Waals surface area (Å²) in [4.78, 5) is 10.8. The average molecular weight is 261 g/mol. The van der Waals surface area contributed by atoms with Crippen molar-refractivity contribution in [3.05, 3.63) is 28.0 Å². The largest absolute Gasteiger partial charge is 0.493 e. The molecule has 0 saturated heterocycles. The van der Waals surface area contributed by atoms with E-state index in [1.807, 2.05) is 0 Å². The van der Waals surface area contributed by atoms with Crippen LogP contribution in [0.15, 0.2) is 6.07 Å². The molecular formula is C12H14ClFO3. The molecule has 17 heavy (non-hydrogen) atoms. The van der Waals surface area contributed by atoms with Gasteiger partial charge in [-0.1, -0.05) is 18.5 Å². The fourth-order valence-corrected chi connectivity index (χ4v) is 1.81. The van der Waals surface area contributed by atoms with Crippen molar-refractivity contribution < 1.29 is 19.0 Å². The minimum absolute atomic E-state index is 0.0694. The van der Waals surface area contributed by atoms with Gasteiger partial charge in [-0.25, -0.2) is 4.39 Å². The third-order valence-corrected chi connectivity index (χ3v) is 3.08. The Morgan fingerprint density at radius 3 is 2.71 bits per heavy atom. The third kappa shape index (κ3) is 2.88. The maximum absolute atomic E-state index is 13.6. The maximum Gasteiger partial charge on any atom is 0.306 e. The van der Waals surface area contributed by atoms with Crippen molar-refractivity contribution in [2.75, 3.05) is 7.11 Å². The van der Waals surface area contributed by atoms with E-state index in [4.69, 9.17) is 21.4 Å². The van der Waals surface area contributed by atoms with Gasteiger partial charge in [0.1, 0.15) is 0 Å². The molecule has 1 N–H and O–H groups in total. The SMILES string of the molecule is COc1c(F)cc(Cl)c(C)c1CC(C)C(=O)O. The lowest BCUT2D eigenvalue weighted by molar-refractivity contribution is -0.141. The number of halogens is 2. The monoisotopic (exact) mass is 260 g/mol. The van der Waals surface area contributed by atoms with Crippen LogP contribution in [0, 0.1) is 18.7 Å². The summed E-state index contributed by atoms with van der Waals surface area (Å²) < 4.78 is 18.6. The summed E-state index contributed by atoms with van der Waals surface area (Å²) in [5, 5.41) is 9.14. The van der Waals surface area contributed by atoms with Crippen LogP contribution in [0.1, 0.15) is 18.1 Å². The molecule has 1 aromatic carbocycles. The van der Waals surface area contributed by atoms with E-state index in [9.17, 15) is 9.18 Å². The van der Waals surface area contributed by atoms with Gasteiger partial charge in [0.25, 0.3) is 0 Å². The Hall–Kier alpha value is -1.29. The van der Waals surface area contributed by atoms with E-state index in [2.05, 4.69) is 0 Å². The van der Waals surface area contributed by atoms with E-state index in [1.165, 1.54) is 13.2 Å². The van der Waals surface area contributed by atoms with E-state index in [0.29, 0.717) is 11.1 Å². The maximum atomic E-state index is 13.6. The Morgan fingerprint density at radius 2 is 2.24 bits per heavy atom. The number of rotatable bonds is 4. The average Bonchev–Trinajstić information content (AvgIpc) is 2.25. The van der Waals surface area contributed by atoms with Crippen LogP contribution in [0.4, 0.5) is 4.39 Å². The van der Waals surface area contributed by atoms with Crippen molar-refractivity contribution in [2.45, 2.75) is 20.3 Å². The molecule has 0 spiro atoms. The molecular weight excluding hydrogens is 247 g/mol. The van der Waals surface area contributed by atoms with Gasteiger partial charge in [0.2, 0.25) is 0 Å². The first-order chi connectivity index (χ1) is 7.88. The highest BCUT2D eigenvalue weighted by molar-refractivity contribution is 6.31. The van der Waals surface area contributed by atoms with E-state index in [0.717, 1.165) is 0 Å². The van der Waals surface area contributed by atoms with E-state index in [-0.39, 0.29) is 17.2 Å². The van der Waals surface area contributed by atoms with Gasteiger partial charge >= 0.3 is 5.97 Å². The normalized spacial score (nSPS) is 12.3. The first kappa shape index (κ1) is 13.8. The number of hydrogen-bond donors (Lipinski definition) is 1. The quantitative estimate of drug-likeness (QED) is 0.905.